The quantitative estimate of drug-likeness (QED) is 0.662. The molecule has 2 aliphatic rings. The molecule has 2 saturated heterocycles. The lowest BCUT2D eigenvalue weighted by Gasteiger charge is -2.30. The Balaban J connectivity index is 1.69. The van der Waals surface area contributed by atoms with Gasteiger partial charge in [0.1, 0.15) is 5.56 Å². The molecule has 2 bridgehead atoms. The number of amides is 1. The molecule has 3 atom stereocenters. The van der Waals surface area contributed by atoms with Gasteiger partial charge in [0.05, 0.1) is 0 Å². The molecule has 5 nitrogen and oxygen atoms in total. The van der Waals surface area contributed by atoms with Crippen molar-refractivity contribution in [2.75, 3.05) is 19.6 Å². The molecule has 1 N–H and O–H groups in total. The maximum Gasteiger partial charge on any atom is 0.422 e. The lowest BCUT2D eigenvalue weighted by atomic mass is 9.97. The lowest BCUT2D eigenvalue weighted by molar-refractivity contribution is -0.140. The second kappa shape index (κ2) is 5.45. The molecule has 0 aliphatic carbocycles. The molecule has 2 aliphatic heterocycles. The topological polar surface area (TPSA) is 58.1 Å². The van der Waals surface area contributed by atoms with Gasteiger partial charge in [-0.2, -0.15) is 22.5 Å². The Kier molecular flexibility index (Phi) is 3.75. The molecule has 0 aromatic carbocycles. The normalized spacial score (nSPS) is 27.7. The summed E-state index contributed by atoms with van der Waals surface area (Å²) in [5.41, 5.74) is -1.58. The fourth-order valence-corrected chi connectivity index (χ4v) is 3.07. The highest BCUT2D eigenvalue weighted by Crippen LogP contribution is 2.30. The summed E-state index contributed by atoms with van der Waals surface area (Å²) in [7, 11) is 0. The fraction of sp³-hybridized carbons (Fsp3) is 0.615. The Hall–Kier alpha value is -1.77. The van der Waals surface area contributed by atoms with E-state index in [0.29, 0.717) is 18.7 Å². The highest BCUT2D eigenvalue weighted by molar-refractivity contribution is 5.90. The third-order valence-electron chi connectivity index (χ3n) is 4.05. The Labute approximate surface area is 123 Å². The van der Waals surface area contributed by atoms with E-state index in [1.165, 1.54) is 0 Å². The summed E-state index contributed by atoms with van der Waals surface area (Å²) in [5, 5.41) is 2.67. The van der Waals surface area contributed by atoms with Crippen LogP contribution in [-0.2, 0) is 6.18 Å². The van der Waals surface area contributed by atoms with Crippen LogP contribution in [0.25, 0.3) is 0 Å². The summed E-state index contributed by atoms with van der Waals surface area (Å²) < 4.78 is 50.6. The van der Waals surface area contributed by atoms with Crippen molar-refractivity contribution in [3.63, 3.8) is 0 Å². The number of rotatable bonds is 2. The molecular formula is C13H14F4N4O. The van der Waals surface area contributed by atoms with Crippen molar-refractivity contribution in [1.82, 2.24) is 20.2 Å². The van der Waals surface area contributed by atoms with Gasteiger partial charge in [0.25, 0.3) is 5.91 Å². The van der Waals surface area contributed by atoms with Gasteiger partial charge in [0, 0.05) is 25.3 Å². The van der Waals surface area contributed by atoms with Gasteiger partial charge in [-0.15, -0.1) is 0 Å². The molecule has 9 heteroatoms. The zero-order valence-corrected chi connectivity index (χ0v) is 11.5. The molecule has 1 aromatic heterocycles. The third kappa shape index (κ3) is 3.03. The predicted molar refractivity (Wildman–Crippen MR) is 67.4 cm³/mol. The third-order valence-corrected chi connectivity index (χ3v) is 4.05. The van der Waals surface area contributed by atoms with Gasteiger partial charge >= 0.3 is 6.18 Å². The van der Waals surface area contributed by atoms with Crippen LogP contribution in [0.5, 0.6) is 0 Å². The second-order valence-corrected chi connectivity index (χ2v) is 5.72. The van der Waals surface area contributed by atoms with Gasteiger partial charge in [-0.3, -0.25) is 4.79 Å². The van der Waals surface area contributed by atoms with Gasteiger partial charge in [-0.25, -0.2) is 4.98 Å². The SMILES string of the molecule is O=C(N[C@@H]1C[C@@H]2CCN(C2)C1)c1ncc(C(F)(F)F)c(F)n1. The van der Waals surface area contributed by atoms with Crippen LogP contribution in [0.2, 0.25) is 0 Å². The first kappa shape index (κ1) is 15.1. The van der Waals surface area contributed by atoms with Crippen molar-refractivity contribution in [1.29, 1.82) is 0 Å². The van der Waals surface area contributed by atoms with Crippen molar-refractivity contribution in [3.05, 3.63) is 23.5 Å². The number of carbonyl (C=O) groups is 1. The zero-order chi connectivity index (χ0) is 15.9. The molecule has 1 amide bonds. The molecule has 2 fully saturated rings. The van der Waals surface area contributed by atoms with Crippen molar-refractivity contribution in [2.24, 2.45) is 5.92 Å². The standard InChI is InChI=1S/C13H14F4N4O/c14-10-9(13(15,16)17)4-18-11(20-10)12(22)19-8-3-7-1-2-21(5-7)6-8/h4,7-8H,1-3,5-6H2,(H,19,22)/t7-,8+/m0/s1. The van der Waals surface area contributed by atoms with Crippen LogP contribution in [0.1, 0.15) is 29.0 Å². The number of aromatic nitrogens is 2. The van der Waals surface area contributed by atoms with Gasteiger partial charge in [0.2, 0.25) is 11.8 Å². The van der Waals surface area contributed by atoms with Gasteiger partial charge in [-0.05, 0) is 25.3 Å². The van der Waals surface area contributed by atoms with Crippen molar-refractivity contribution in [2.45, 2.75) is 25.1 Å². The van der Waals surface area contributed by atoms with E-state index in [0.717, 1.165) is 25.9 Å². The van der Waals surface area contributed by atoms with E-state index in [1.54, 1.807) is 0 Å². The van der Waals surface area contributed by atoms with E-state index in [-0.39, 0.29) is 6.04 Å². The smallest absolute Gasteiger partial charge is 0.345 e. The molecule has 1 aromatic rings. The summed E-state index contributed by atoms with van der Waals surface area (Å²) in [5.74, 6) is -2.55. The largest absolute Gasteiger partial charge is 0.422 e. The average molecular weight is 318 g/mol. The molecule has 22 heavy (non-hydrogen) atoms. The van der Waals surface area contributed by atoms with Gasteiger partial charge in [-0.1, -0.05) is 0 Å². The minimum atomic E-state index is -4.88. The first-order chi connectivity index (χ1) is 10.3. The minimum absolute atomic E-state index is 0.109. The van der Waals surface area contributed by atoms with Crippen LogP contribution in [-0.4, -0.2) is 46.5 Å². The van der Waals surface area contributed by atoms with Crippen molar-refractivity contribution < 1.29 is 22.4 Å². The van der Waals surface area contributed by atoms with Crippen LogP contribution in [0.3, 0.4) is 0 Å². The molecule has 0 radical (unpaired) electrons. The van der Waals surface area contributed by atoms with Crippen LogP contribution in [0, 0.1) is 11.9 Å². The number of carbonyl (C=O) groups excluding carboxylic acids is 1. The Morgan fingerprint density at radius 1 is 1.36 bits per heavy atom. The summed E-state index contributed by atoms with van der Waals surface area (Å²) in [4.78, 5) is 20.5. The Bertz CT molecular complexity index is 580. The maximum absolute atomic E-state index is 13.4. The van der Waals surface area contributed by atoms with Crippen LogP contribution in [0.4, 0.5) is 17.6 Å². The van der Waals surface area contributed by atoms with Crippen molar-refractivity contribution in [3.8, 4) is 0 Å². The Morgan fingerprint density at radius 2 is 2.14 bits per heavy atom. The first-order valence-electron chi connectivity index (χ1n) is 6.96. The number of hydrogen-bond donors (Lipinski definition) is 1. The molecule has 3 rings (SSSR count). The van der Waals surface area contributed by atoms with E-state index in [9.17, 15) is 22.4 Å². The molecule has 0 saturated carbocycles. The molecule has 120 valence electrons. The first-order valence-corrected chi connectivity index (χ1v) is 6.96. The Morgan fingerprint density at radius 3 is 2.77 bits per heavy atom. The van der Waals surface area contributed by atoms with Gasteiger partial charge in [0.15, 0.2) is 0 Å². The summed E-state index contributed by atoms with van der Waals surface area (Å²) in [6, 6.07) is -0.109. The summed E-state index contributed by atoms with van der Waals surface area (Å²) >= 11 is 0. The predicted octanol–water partition coefficient (Wildman–Crippen LogP) is 1.46. The highest BCUT2D eigenvalue weighted by Gasteiger charge is 2.37. The lowest BCUT2D eigenvalue weighted by Crippen LogP contribution is -2.47. The summed E-state index contributed by atoms with van der Waals surface area (Å²) in [6.07, 6.45) is -2.69. The highest BCUT2D eigenvalue weighted by atomic mass is 19.4. The minimum Gasteiger partial charge on any atom is -0.345 e. The number of piperidine rings is 1. The second-order valence-electron chi connectivity index (χ2n) is 5.72. The van der Waals surface area contributed by atoms with Crippen LogP contribution < -0.4 is 5.32 Å². The summed E-state index contributed by atoms with van der Waals surface area (Å²) in [6.45, 7) is 2.69. The van der Waals surface area contributed by atoms with E-state index in [4.69, 9.17) is 0 Å². The maximum atomic E-state index is 13.4. The number of nitrogens with one attached hydrogen (secondary N) is 1. The molecular weight excluding hydrogens is 304 g/mol. The van der Waals surface area contributed by atoms with E-state index >= 15 is 0 Å². The number of nitrogens with zero attached hydrogens (tertiary/aromatic N) is 3. The van der Waals surface area contributed by atoms with Crippen LogP contribution in [0.15, 0.2) is 6.20 Å². The molecule has 1 unspecified atom stereocenters. The average Bonchev–Trinajstić information content (AvgIpc) is 2.76. The number of halogens is 4. The van der Waals surface area contributed by atoms with E-state index < -0.39 is 29.4 Å². The fourth-order valence-electron chi connectivity index (χ4n) is 3.07. The molecule has 3 heterocycles. The number of fused-ring (bicyclic) bond motifs is 2. The molecule has 0 spiro atoms. The van der Waals surface area contributed by atoms with Crippen LogP contribution >= 0.6 is 0 Å². The van der Waals surface area contributed by atoms with Gasteiger partial charge < -0.3 is 10.2 Å². The zero-order valence-electron chi connectivity index (χ0n) is 11.5. The van der Waals surface area contributed by atoms with Crippen molar-refractivity contribution >= 4 is 5.91 Å². The van der Waals surface area contributed by atoms with E-state index in [1.807, 2.05) is 0 Å². The van der Waals surface area contributed by atoms with E-state index in [2.05, 4.69) is 20.2 Å². The monoisotopic (exact) mass is 318 g/mol. The number of alkyl halides is 3. The number of hydrogen-bond acceptors (Lipinski definition) is 4.